The number of carboxylic acid groups (broad SMARTS) is 1. The monoisotopic (exact) mass is 317 g/mol. The summed E-state index contributed by atoms with van der Waals surface area (Å²) in [5.41, 5.74) is 0. The van der Waals surface area contributed by atoms with E-state index in [2.05, 4.69) is 4.72 Å². The summed E-state index contributed by atoms with van der Waals surface area (Å²) in [5.74, 6) is -1.04. The lowest BCUT2D eigenvalue weighted by atomic mass is 10.1. The highest BCUT2D eigenvalue weighted by molar-refractivity contribution is 7.89. The third-order valence-corrected chi connectivity index (χ3v) is 4.27. The van der Waals surface area contributed by atoms with Crippen molar-refractivity contribution < 1.29 is 27.8 Å². The number of nitrogens with one attached hydrogen (secondary N) is 1. The predicted octanol–water partition coefficient (Wildman–Crippen LogP) is 1.09. The van der Waals surface area contributed by atoms with Crippen LogP contribution >= 0.6 is 0 Å². The topological polar surface area (TPSA) is 102 Å². The van der Waals surface area contributed by atoms with Gasteiger partial charge in [-0.15, -0.1) is 0 Å². The van der Waals surface area contributed by atoms with Crippen LogP contribution in [-0.2, 0) is 14.8 Å². The molecule has 0 fully saturated rings. The smallest absolute Gasteiger partial charge is 0.322 e. The number of carbonyl (C=O) groups is 1. The number of hydrogen-bond donors (Lipinski definition) is 2. The lowest BCUT2D eigenvalue weighted by molar-refractivity contribution is -0.140. The number of sulfonamides is 1. The van der Waals surface area contributed by atoms with Gasteiger partial charge in [-0.2, -0.15) is 4.72 Å². The summed E-state index contributed by atoms with van der Waals surface area (Å²) in [6.45, 7) is 3.24. The van der Waals surface area contributed by atoms with Gasteiger partial charge >= 0.3 is 5.97 Å². The van der Waals surface area contributed by atoms with E-state index < -0.39 is 28.0 Å². The molecule has 1 atom stereocenters. The van der Waals surface area contributed by atoms with E-state index in [9.17, 15) is 13.2 Å². The quantitative estimate of drug-likeness (QED) is 0.780. The number of methoxy groups -OCH3 is 2. The van der Waals surface area contributed by atoms with E-state index in [1.165, 1.54) is 32.4 Å². The van der Waals surface area contributed by atoms with Gasteiger partial charge in [-0.1, -0.05) is 13.8 Å². The van der Waals surface area contributed by atoms with Gasteiger partial charge in [0.05, 0.1) is 19.1 Å². The molecule has 0 aliphatic carbocycles. The van der Waals surface area contributed by atoms with E-state index in [4.69, 9.17) is 14.6 Å². The Morgan fingerprint density at radius 2 is 1.62 bits per heavy atom. The fourth-order valence-corrected chi connectivity index (χ4v) is 3.03. The van der Waals surface area contributed by atoms with Crippen LogP contribution in [0.5, 0.6) is 11.5 Å². The average Bonchev–Trinajstić information content (AvgIpc) is 2.43. The molecule has 0 spiro atoms. The van der Waals surface area contributed by atoms with Crippen LogP contribution in [0.4, 0.5) is 0 Å². The van der Waals surface area contributed by atoms with E-state index >= 15 is 0 Å². The van der Waals surface area contributed by atoms with Crippen molar-refractivity contribution in [3.05, 3.63) is 18.2 Å². The van der Waals surface area contributed by atoms with Crippen LogP contribution in [0.3, 0.4) is 0 Å². The number of carboxylic acids is 1. The molecular formula is C13H19NO6S. The lowest BCUT2D eigenvalue weighted by Crippen LogP contribution is -2.44. The molecule has 0 unspecified atom stereocenters. The minimum Gasteiger partial charge on any atom is -0.497 e. The second-order valence-corrected chi connectivity index (χ2v) is 6.44. The highest BCUT2D eigenvalue weighted by Crippen LogP contribution is 2.25. The Labute approximate surface area is 123 Å². The summed E-state index contributed by atoms with van der Waals surface area (Å²) in [4.78, 5) is 11.0. The average molecular weight is 317 g/mol. The summed E-state index contributed by atoms with van der Waals surface area (Å²) in [6.07, 6.45) is 0. The Morgan fingerprint density at radius 1 is 1.14 bits per heavy atom. The van der Waals surface area contributed by atoms with Crippen molar-refractivity contribution in [2.45, 2.75) is 24.8 Å². The third kappa shape index (κ3) is 4.33. The van der Waals surface area contributed by atoms with Gasteiger partial charge in [-0.3, -0.25) is 4.79 Å². The molecule has 1 aromatic rings. The zero-order valence-corrected chi connectivity index (χ0v) is 13.1. The Balaban J connectivity index is 3.21. The molecule has 21 heavy (non-hydrogen) atoms. The molecule has 118 valence electrons. The molecule has 2 N–H and O–H groups in total. The number of rotatable bonds is 7. The summed E-state index contributed by atoms with van der Waals surface area (Å²) in [6, 6.07) is 2.90. The third-order valence-electron chi connectivity index (χ3n) is 2.85. The van der Waals surface area contributed by atoms with Gasteiger partial charge in [0.25, 0.3) is 0 Å². The molecule has 0 amide bonds. The first-order valence-corrected chi connectivity index (χ1v) is 7.67. The van der Waals surface area contributed by atoms with Crippen LogP contribution < -0.4 is 14.2 Å². The van der Waals surface area contributed by atoms with Crippen molar-refractivity contribution in [2.75, 3.05) is 14.2 Å². The van der Waals surface area contributed by atoms with Gasteiger partial charge in [0.1, 0.15) is 17.5 Å². The minimum absolute atomic E-state index is 0.120. The van der Waals surface area contributed by atoms with Crippen LogP contribution in [0.1, 0.15) is 13.8 Å². The van der Waals surface area contributed by atoms with Crippen molar-refractivity contribution in [1.82, 2.24) is 4.72 Å². The molecule has 8 heteroatoms. The fourth-order valence-electron chi connectivity index (χ4n) is 1.64. The van der Waals surface area contributed by atoms with Crippen LogP contribution in [-0.4, -0.2) is 39.8 Å². The number of benzene rings is 1. The Hall–Kier alpha value is -1.80. The fraction of sp³-hybridized carbons (Fsp3) is 0.462. The van der Waals surface area contributed by atoms with E-state index in [0.717, 1.165) is 0 Å². The second-order valence-electron chi connectivity index (χ2n) is 4.73. The van der Waals surface area contributed by atoms with Crippen LogP contribution in [0, 0.1) is 5.92 Å². The van der Waals surface area contributed by atoms with E-state index in [-0.39, 0.29) is 4.90 Å². The molecule has 1 rings (SSSR count). The standard InChI is InChI=1S/C13H19NO6S/c1-8(2)12(13(15)16)14-21(17,18)11-6-9(19-3)5-10(7-11)20-4/h5-8,12,14H,1-4H3,(H,15,16)/t12-/m1/s1. The van der Waals surface area contributed by atoms with Gasteiger partial charge in [0.15, 0.2) is 0 Å². The Kier molecular flexibility index (Phi) is 5.56. The molecular weight excluding hydrogens is 298 g/mol. The molecule has 0 aliphatic rings. The van der Waals surface area contributed by atoms with Crippen molar-refractivity contribution in [3.63, 3.8) is 0 Å². The minimum atomic E-state index is -4.01. The SMILES string of the molecule is COc1cc(OC)cc(S(=O)(=O)N[C@@H](C(=O)O)C(C)C)c1. The molecule has 0 saturated carbocycles. The largest absolute Gasteiger partial charge is 0.497 e. The zero-order valence-electron chi connectivity index (χ0n) is 12.3. The van der Waals surface area contributed by atoms with Gasteiger partial charge in [0, 0.05) is 18.2 Å². The molecule has 0 bridgehead atoms. The molecule has 0 heterocycles. The van der Waals surface area contributed by atoms with Crippen molar-refractivity contribution in [2.24, 2.45) is 5.92 Å². The Morgan fingerprint density at radius 3 is 1.95 bits per heavy atom. The second kappa shape index (κ2) is 6.77. The maximum absolute atomic E-state index is 12.3. The predicted molar refractivity (Wildman–Crippen MR) is 76.1 cm³/mol. The van der Waals surface area contributed by atoms with E-state index in [1.807, 2.05) is 0 Å². The van der Waals surface area contributed by atoms with Gasteiger partial charge in [-0.05, 0) is 5.92 Å². The normalized spacial score (nSPS) is 13.0. The van der Waals surface area contributed by atoms with Gasteiger partial charge in [0.2, 0.25) is 10.0 Å². The molecule has 0 aliphatic heterocycles. The first kappa shape index (κ1) is 17.3. The van der Waals surface area contributed by atoms with Gasteiger partial charge in [-0.25, -0.2) is 8.42 Å². The summed E-state index contributed by atoms with van der Waals surface area (Å²) < 4.78 is 36.8. The molecule has 0 aromatic heterocycles. The number of hydrogen-bond acceptors (Lipinski definition) is 5. The summed E-state index contributed by atoms with van der Waals surface area (Å²) >= 11 is 0. The van der Waals surface area contributed by atoms with E-state index in [1.54, 1.807) is 13.8 Å². The first-order chi connectivity index (χ1) is 9.71. The Bertz CT molecular complexity index is 589. The molecule has 1 aromatic carbocycles. The highest BCUT2D eigenvalue weighted by Gasteiger charge is 2.28. The van der Waals surface area contributed by atoms with Crippen LogP contribution in [0.25, 0.3) is 0 Å². The highest BCUT2D eigenvalue weighted by atomic mass is 32.2. The number of aliphatic carboxylic acids is 1. The number of ether oxygens (including phenoxy) is 2. The maximum atomic E-state index is 12.3. The van der Waals surface area contributed by atoms with Crippen LogP contribution in [0.2, 0.25) is 0 Å². The van der Waals surface area contributed by atoms with Gasteiger partial charge < -0.3 is 14.6 Å². The summed E-state index contributed by atoms with van der Waals surface area (Å²) in [7, 11) is -1.21. The van der Waals surface area contributed by atoms with Crippen molar-refractivity contribution in [1.29, 1.82) is 0 Å². The van der Waals surface area contributed by atoms with Crippen molar-refractivity contribution >= 4 is 16.0 Å². The van der Waals surface area contributed by atoms with Crippen molar-refractivity contribution in [3.8, 4) is 11.5 Å². The molecule has 0 saturated heterocycles. The lowest BCUT2D eigenvalue weighted by Gasteiger charge is -2.18. The maximum Gasteiger partial charge on any atom is 0.322 e. The van der Waals surface area contributed by atoms with Crippen LogP contribution in [0.15, 0.2) is 23.1 Å². The molecule has 7 nitrogen and oxygen atoms in total. The zero-order chi connectivity index (χ0) is 16.2. The molecule has 0 radical (unpaired) electrons. The summed E-state index contributed by atoms with van der Waals surface area (Å²) in [5, 5.41) is 9.08. The van der Waals surface area contributed by atoms with E-state index in [0.29, 0.717) is 11.5 Å². The first-order valence-electron chi connectivity index (χ1n) is 6.19.